The lowest BCUT2D eigenvalue weighted by molar-refractivity contribution is -0.144. The Morgan fingerprint density at radius 2 is 2.00 bits per heavy atom. The van der Waals surface area contributed by atoms with Gasteiger partial charge in [-0.15, -0.1) is 10.2 Å². The molecule has 19 heavy (non-hydrogen) atoms. The van der Waals surface area contributed by atoms with Gasteiger partial charge in [0.25, 0.3) is 0 Å². The molecule has 1 atom stereocenters. The van der Waals surface area contributed by atoms with Gasteiger partial charge < -0.3 is 0 Å². The van der Waals surface area contributed by atoms with E-state index in [9.17, 15) is 14.4 Å². The molecule has 0 radical (unpaired) electrons. The predicted octanol–water partition coefficient (Wildman–Crippen LogP) is 0.577. The first-order valence-electron chi connectivity index (χ1n) is 6.01. The average molecular weight is 282 g/mol. The first-order chi connectivity index (χ1) is 9.02. The lowest BCUT2D eigenvalue weighted by Gasteiger charge is -2.20. The molecule has 0 unspecified atom stereocenters. The number of aryl methyl sites for hydroxylation is 1. The summed E-state index contributed by atoms with van der Waals surface area (Å²) >= 11 is 1.28. The molecule has 1 aliphatic heterocycles. The molecule has 0 bridgehead atoms. The largest absolute Gasteiger partial charge is 0.299 e. The van der Waals surface area contributed by atoms with Crippen LogP contribution in [0, 0.1) is 0 Å². The first kappa shape index (κ1) is 13.6. The number of rotatable bonds is 4. The number of carbonyl (C=O) groups is 3. The number of imide groups is 1. The topological polar surface area (TPSA) is 92.3 Å². The van der Waals surface area contributed by atoms with Crippen LogP contribution in [0.15, 0.2) is 0 Å². The third-order valence-corrected chi connectivity index (χ3v) is 3.84. The quantitative estimate of drug-likeness (QED) is 0.815. The smallest absolute Gasteiger partial charge is 0.249 e. The Morgan fingerprint density at radius 3 is 2.53 bits per heavy atom. The van der Waals surface area contributed by atoms with Crippen molar-refractivity contribution in [1.29, 1.82) is 0 Å². The summed E-state index contributed by atoms with van der Waals surface area (Å²) in [5.41, 5.74) is 0. The van der Waals surface area contributed by atoms with E-state index >= 15 is 0 Å². The number of carbonyl (C=O) groups excluding carboxylic acids is 3. The van der Waals surface area contributed by atoms with Gasteiger partial charge in [-0.3, -0.25) is 24.6 Å². The summed E-state index contributed by atoms with van der Waals surface area (Å²) < 4.78 is 0. The van der Waals surface area contributed by atoms with Gasteiger partial charge in [-0.05, 0) is 13.3 Å². The fourth-order valence-corrected chi connectivity index (χ4v) is 2.48. The molecule has 8 heteroatoms. The number of anilines is 1. The molecule has 1 N–H and O–H groups in total. The lowest BCUT2D eigenvalue weighted by atomic mass is 10.3. The van der Waals surface area contributed by atoms with E-state index in [-0.39, 0.29) is 24.7 Å². The summed E-state index contributed by atoms with van der Waals surface area (Å²) in [6.45, 7) is 3.47. The summed E-state index contributed by atoms with van der Waals surface area (Å²) in [6, 6.07) is -0.823. The van der Waals surface area contributed by atoms with Gasteiger partial charge in [-0.2, -0.15) is 0 Å². The normalized spacial score (nSPS) is 16.8. The Kier molecular flexibility index (Phi) is 3.89. The second-order valence-electron chi connectivity index (χ2n) is 4.18. The highest BCUT2D eigenvalue weighted by Crippen LogP contribution is 2.19. The van der Waals surface area contributed by atoms with Gasteiger partial charge in [0, 0.05) is 12.8 Å². The Bertz CT molecular complexity index is 512. The van der Waals surface area contributed by atoms with Crippen molar-refractivity contribution in [3.05, 3.63) is 5.01 Å². The SMILES string of the molecule is CCc1nnc(NC(=O)[C@H](C)N2C(=O)CCC2=O)s1. The number of likely N-dealkylation sites (tertiary alicyclic amines) is 1. The summed E-state index contributed by atoms with van der Waals surface area (Å²) in [5, 5.41) is 11.5. The third kappa shape index (κ3) is 2.78. The molecular formula is C11H14N4O3S. The van der Waals surface area contributed by atoms with Gasteiger partial charge in [0.15, 0.2) is 0 Å². The Balaban J connectivity index is 2.03. The third-order valence-electron chi connectivity index (χ3n) is 2.86. The molecular weight excluding hydrogens is 268 g/mol. The number of amides is 3. The number of hydrogen-bond donors (Lipinski definition) is 1. The van der Waals surface area contributed by atoms with Crippen molar-refractivity contribution in [3.63, 3.8) is 0 Å². The van der Waals surface area contributed by atoms with E-state index in [0.717, 1.165) is 16.3 Å². The van der Waals surface area contributed by atoms with Crippen molar-refractivity contribution in [3.8, 4) is 0 Å². The number of nitrogens with zero attached hydrogens (tertiary/aromatic N) is 3. The molecule has 1 aromatic heterocycles. The Labute approximate surface area is 114 Å². The van der Waals surface area contributed by atoms with Crippen LogP contribution in [0.5, 0.6) is 0 Å². The maximum absolute atomic E-state index is 12.0. The van der Waals surface area contributed by atoms with Crippen molar-refractivity contribution >= 4 is 34.2 Å². The predicted molar refractivity (Wildman–Crippen MR) is 68.5 cm³/mol. The number of nitrogens with one attached hydrogen (secondary N) is 1. The van der Waals surface area contributed by atoms with E-state index in [1.54, 1.807) is 0 Å². The summed E-state index contributed by atoms with van der Waals surface area (Å²) in [5.74, 6) is -1.04. The molecule has 102 valence electrons. The van der Waals surface area contributed by atoms with Crippen LogP contribution < -0.4 is 5.32 Å². The fourth-order valence-electron chi connectivity index (χ4n) is 1.80. The highest BCUT2D eigenvalue weighted by Gasteiger charge is 2.36. The van der Waals surface area contributed by atoms with Crippen molar-refractivity contribution < 1.29 is 14.4 Å². The van der Waals surface area contributed by atoms with E-state index in [0.29, 0.717) is 5.13 Å². The highest BCUT2D eigenvalue weighted by atomic mass is 32.1. The molecule has 0 aromatic carbocycles. The van der Waals surface area contributed by atoms with Crippen molar-refractivity contribution in [2.24, 2.45) is 0 Å². The molecule has 1 aromatic rings. The van der Waals surface area contributed by atoms with Crippen molar-refractivity contribution in [1.82, 2.24) is 15.1 Å². The number of hydrogen-bond acceptors (Lipinski definition) is 6. The molecule has 1 saturated heterocycles. The molecule has 2 rings (SSSR count). The number of aromatic nitrogens is 2. The summed E-state index contributed by atoms with van der Waals surface area (Å²) in [6.07, 6.45) is 1.09. The minimum absolute atomic E-state index is 0.176. The average Bonchev–Trinajstić information content (AvgIpc) is 2.96. The van der Waals surface area contributed by atoms with Crippen LogP contribution in [0.3, 0.4) is 0 Å². The zero-order valence-electron chi connectivity index (χ0n) is 10.7. The molecule has 0 saturated carbocycles. The molecule has 3 amide bonds. The van der Waals surface area contributed by atoms with Crippen molar-refractivity contribution in [2.45, 2.75) is 39.2 Å². The van der Waals surface area contributed by atoms with Crippen LogP contribution in [-0.2, 0) is 20.8 Å². The van der Waals surface area contributed by atoms with Crippen LogP contribution >= 0.6 is 11.3 Å². The van der Waals surface area contributed by atoms with Gasteiger partial charge in [-0.25, -0.2) is 0 Å². The van der Waals surface area contributed by atoms with Gasteiger partial charge in [-0.1, -0.05) is 18.3 Å². The van der Waals surface area contributed by atoms with Crippen LogP contribution in [0.25, 0.3) is 0 Å². The molecule has 7 nitrogen and oxygen atoms in total. The molecule has 1 fully saturated rings. The second kappa shape index (κ2) is 5.43. The summed E-state index contributed by atoms with van der Waals surface area (Å²) in [7, 11) is 0. The van der Waals surface area contributed by atoms with E-state index in [1.807, 2.05) is 6.92 Å². The maximum Gasteiger partial charge on any atom is 0.249 e. The van der Waals surface area contributed by atoms with Gasteiger partial charge in [0.05, 0.1) is 0 Å². The van der Waals surface area contributed by atoms with Crippen LogP contribution in [0.4, 0.5) is 5.13 Å². The molecule has 0 aliphatic carbocycles. The molecule has 1 aliphatic rings. The van der Waals surface area contributed by atoms with Crippen LogP contribution in [-0.4, -0.2) is 38.9 Å². The zero-order chi connectivity index (χ0) is 14.0. The lowest BCUT2D eigenvalue weighted by Crippen LogP contribution is -2.44. The Morgan fingerprint density at radius 1 is 1.37 bits per heavy atom. The zero-order valence-corrected chi connectivity index (χ0v) is 11.5. The highest BCUT2D eigenvalue weighted by molar-refractivity contribution is 7.15. The minimum atomic E-state index is -0.823. The standard InChI is InChI=1S/C11H14N4O3S/c1-3-7-13-14-11(19-7)12-10(18)6(2)15-8(16)4-5-9(15)17/h6H,3-5H2,1-2H3,(H,12,14,18)/t6-/m0/s1. The van der Waals surface area contributed by atoms with E-state index in [1.165, 1.54) is 18.3 Å². The Hall–Kier alpha value is -1.83. The van der Waals surface area contributed by atoms with E-state index in [4.69, 9.17) is 0 Å². The monoisotopic (exact) mass is 282 g/mol. The van der Waals surface area contributed by atoms with Crippen LogP contribution in [0.2, 0.25) is 0 Å². The van der Waals surface area contributed by atoms with Gasteiger partial charge >= 0.3 is 0 Å². The van der Waals surface area contributed by atoms with Gasteiger partial charge in [0.1, 0.15) is 11.0 Å². The van der Waals surface area contributed by atoms with Crippen LogP contribution in [0.1, 0.15) is 31.7 Å². The fraction of sp³-hybridized carbons (Fsp3) is 0.545. The molecule has 0 spiro atoms. The van der Waals surface area contributed by atoms with Crippen molar-refractivity contribution in [2.75, 3.05) is 5.32 Å². The molecule has 2 heterocycles. The second-order valence-corrected chi connectivity index (χ2v) is 5.24. The maximum atomic E-state index is 12.0. The van der Waals surface area contributed by atoms with E-state index < -0.39 is 11.9 Å². The van der Waals surface area contributed by atoms with E-state index in [2.05, 4.69) is 15.5 Å². The first-order valence-corrected chi connectivity index (χ1v) is 6.82. The van der Waals surface area contributed by atoms with Gasteiger partial charge in [0.2, 0.25) is 22.9 Å². The summed E-state index contributed by atoms with van der Waals surface area (Å²) in [4.78, 5) is 36.0. The minimum Gasteiger partial charge on any atom is -0.299 e.